The van der Waals surface area contributed by atoms with Crippen molar-refractivity contribution in [1.82, 2.24) is 5.32 Å². The van der Waals surface area contributed by atoms with Gasteiger partial charge in [-0.2, -0.15) is 0 Å². The second-order valence-corrected chi connectivity index (χ2v) is 10.3. The molecule has 0 aromatic rings. The number of carbonyl (C=O) groups excluding carboxylic acids is 2. The first kappa shape index (κ1) is 38.1. The molecule has 0 aliphatic carbocycles. The van der Waals surface area contributed by atoms with E-state index in [0.29, 0.717) is 19.3 Å². The number of ether oxygens (including phenoxy) is 1. The number of carboxylic acids is 1. The molecule has 0 aromatic heterocycles. The van der Waals surface area contributed by atoms with E-state index in [0.717, 1.165) is 96.3 Å². The number of aliphatic carboxylic acids is 1. The molecule has 0 aliphatic rings. The maximum Gasteiger partial charge on any atom is 0.322 e. The lowest BCUT2D eigenvalue weighted by Crippen LogP contribution is -2.28. The van der Waals surface area contributed by atoms with Crippen LogP contribution in [-0.2, 0) is 19.1 Å². The van der Waals surface area contributed by atoms with Gasteiger partial charge in [-0.15, -0.1) is 0 Å². The van der Waals surface area contributed by atoms with Crippen LogP contribution in [0.4, 0.5) is 0 Å². The Morgan fingerprint density at radius 1 is 0.659 bits per heavy atom. The van der Waals surface area contributed by atoms with Crippen molar-refractivity contribution in [3.8, 4) is 0 Å². The van der Waals surface area contributed by atoms with E-state index in [-0.39, 0.29) is 24.5 Å². The number of hydrogen-bond donors (Lipinski definition) is 2. The Labute approximate surface area is 250 Å². The zero-order valence-corrected chi connectivity index (χ0v) is 25.9. The second-order valence-electron chi connectivity index (χ2n) is 10.3. The van der Waals surface area contributed by atoms with Crippen LogP contribution < -0.4 is 5.32 Å². The molecule has 0 rings (SSSR count). The van der Waals surface area contributed by atoms with E-state index in [1.165, 1.54) is 0 Å². The normalized spacial score (nSPS) is 12.8. The third-order valence-electron chi connectivity index (χ3n) is 6.45. The minimum atomic E-state index is -1.04. The monoisotopic (exact) mass is 571 g/mol. The quantitative estimate of drug-likeness (QED) is 0.0583. The van der Waals surface area contributed by atoms with E-state index >= 15 is 0 Å². The first-order chi connectivity index (χ1) is 20.0. The Hall–Kier alpha value is -2.89. The van der Waals surface area contributed by atoms with E-state index in [4.69, 9.17) is 9.84 Å². The minimum Gasteiger partial charge on any atom is -0.480 e. The lowest BCUT2D eigenvalue weighted by molar-refractivity contribution is -0.150. The first-order valence-corrected chi connectivity index (χ1v) is 15.9. The number of amides is 1. The number of unbranched alkanes of at least 4 members (excludes halogenated alkanes) is 6. The molecule has 41 heavy (non-hydrogen) atoms. The van der Waals surface area contributed by atoms with E-state index in [1.54, 1.807) is 0 Å². The molecule has 0 spiro atoms. The summed E-state index contributed by atoms with van der Waals surface area (Å²) in [6, 6.07) is 0. The Bertz CT molecular complexity index is 809. The summed E-state index contributed by atoms with van der Waals surface area (Å²) in [4.78, 5) is 34.4. The maximum absolute atomic E-state index is 12.3. The van der Waals surface area contributed by atoms with Crippen LogP contribution in [0.1, 0.15) is 129 Å². The number of esters is 1. The molecule has 0 aromatic carbocycles. The van der Waals surface area contributed by atoms with Gasteiger partial charge in [-0.25, -0.2) is 0 Å². The lowest BCUT2D eigenvalue weighted by atomic mass is 10.0. The fraction of sp³-hybridized carbons (Fsp3) is 0.629. The standard InChI is InChI=1S/C35H57NO5/c1-3-5-7-8-9-10-11-12-13-14-15-16-17-18-19-20-21-22-26-30-35(40)41-32(27-6-4-2)28-24-23-25-29-33(37)36-31-34(38)39/h5,7,9-10,12-13,15-16,18-19,32H,3-4,6,8,11,14,17,20-31H2,1-2H3,(H,36,37)(H,38,39)/b7-5-,10-9-,13-12-,16-15-,19-18-. The van der Waals surface area contributed by atoms with Gasteiger partial charge in [-0.3, -0.25) is 14.4 Å². The molecule has 6 nitrogen and oxygen atoms in total. The average Bonchev–Trinajstić information content (AvgIpc) is 2.95. The van der Waals surface area contributed by atoms with Crippen LogP contribution in [0.5, 0.6) is 0 Å². The summed E-state index contributed by atoms with van der Waals surface area (Å²) >= 11 is 0. The van der Waals surface area contributed by atoms with Gasteiger partial charge in [0.15, 0.2) is 0 Å². The van der Waals surface area contributed by atoms with Gasteiger partial charge in [-0.05, 0) is 77.0 Å². The van der Waals surface area contributed by atoms with E-state index < -0.39 is 5.97 Å². The molecule has 0 fully saturated rings. The van der Waals surface area contributed by atoms with Gasteiger partial charge in [0.05, 0.1) is 0 Å². The number of allylic oxidation sites excluding steroid dienone is 10. The van der Waals surface area contributed by atoms with E-state index in [9.17, 15) is 14.4 Å². The molecule has 0 radical (unpaired) electrons. The second kappa shape index (κ2) is 30.1. The summed E-state index contributed by atoms with van der Waals surface area (Å²) in [6.45, 7) is 3.94. The van der Waals surface area contributed by atoms with Gasteiger partial charge in [-0.1, -0.05) is 100 Å². The Morgan fingerprint density at radius 3 is 1.78 bits per heavy atom. The summed E-state index contributed by atoms with van der Waals surface area (Å²) < 4.78 is 5.77. The zero-order chi connectivity index (χ0) is 30.2. The Balaban J connectivity index is 3.86. The van der Waals surface area contributed by atoms with Crippen molar-refractivity contribution < 1.29 is 24.2 Å². The Kier molecular flexibility index (Phi) is 28.0. The van der Waals surface area contributed by atoms with Crippen LogP contribution in [0, 0.1) is 0 Å². The predicted molar refractivity (Wildman–Crippen MR) is 171 cm³/mol. The number of carboxylic acid groups (broad SMARTS) is 1. The van der Waals surface area contributed by atoms with Crippen molar-refractivity contribution in [2.75, 3.05) is 6.54 Å². The fourth-order valence-corrected chi connectivity index (χ4v) is 4.11. The summed E-state index contributed by atoms with van der Waals surface area (Å²) in [7, 11) is 0. The summed E-state index contributed by atoms with van der Waals surface area (Å²) in [5, 5.41) is 11.0. The lowest BCUT2D eigenvalue weighted by Gasteiger charge is -2.18. The van der Waals surface area contributed by atoms with Gasteiger partial charge in [0, 0.05) is 12.8 Å². The molecule has 1 amide bonds. The van der Waals surface area contributed by atoms with Crippen LogP contribution in [0.2, 0.25) is 0 Å². The van der Waals surface area contributed by atoms with Crippen molar-refractivity contribution >= 4 is 17.8 Å². The molecule has 6 heteroatoms. The number of hydrogen-bond acceptors (Lipinski definition) is 4. The van der Waals surface area contributed by atoms with Crippen LogP contribution in [0.3, 0.4) is 0 Å². The van der Waals surface area contributed by atoms with Crippen molar-refractivity contribution in [2.45, 2.75) is 136 Å². The highest BCUT2D eigenvalue weighted by Gasteiger charge is 2.14. The van der Waals surface area contributed by atoms with Crippen molar-refractivity contribution in [3.05, 3.63) is 60.8 Å². The fourth-order valence-electron chi connectivity index (χ4n) is 4.11. The molecule has 0 aliphatic heterocycles. The number of rotatable bonds is 27. The highest BCUT2D eigenvalue weighted by atomic mass is 16.5. The van der Waals surface area contributed by atoms with E-state index in [2.05, 4.69) is 79.9 Å². The largest absolute Gasteiger partial charge is 0.480 e. The average molecular weight is 572 g/mol. The molecule has 2 N–H and O–H groups in total. The van der Waals surface area contributed by atoms with Crippen LogP contribution in [0.15, 0.2) is 60.8 Å². The molecule has 0 saturated carbocycles. The molecule has 0 saturated heterocycles. The van der Waals surface area contributed by atoms with Crippen LogP contribution >= 0.6 is 0 Å². The molecule has 232 valence electrons. The van der Waals surface area contributed by atoms with Gasteiger partial charge in [0.1, 0.15) is 12.6 Å². The Morgan fingerprint density at radius 2 is 1.20 bits per heavy atom. The highest BCUT2D eigenvalue weighted by Crippen LogP contribution is 2.16. The van der Waals surface area contributed by atoms with Crippen molar-refractivity contribution in [3.63, 3.8) is 0 Å². The smallest absolute Gasteiger partial charge is 0.322 e. The van der Waals surface area contributed by atoms with Gasteiger partial charge >= 0.3 is 11.9 Å². The first-order valence-electron chi connectivity index (χ1n) is 15.9. The predicted octanol–water partition coefficient (Wildman–Crippen LogP) is 8.94. The third-order valence-corrected chi connectivity index (χ3v) is 6.45. The van der Waals surface area contributed by atoms with E-state index in [1.807, 2.05) is 0 Å². The number of carbonyl (C=O) groups is 3. The van der Waals surface area contributed by atoms with Gasteiger partial charge < -0.3 is 15.2 Å². The minimum absolute atomic E-state index is 0.0513. The summed E-state index contributed by atoms with van der Waals surface area (Å²) in [5.74, 6) is -1.37. The SMILES string of the molecule is CC/C=C\C/C=C\C/C=C\C/C=C\C/C=C\CCCCCC(=O)OC(CCCC)CCCCCC(=O)NCC(=O)O. The summed E-state index contributed by atoms with van der Waals surface area (Å²) in [6.07, 6.45) is 38.1. The highest BCUT2D eigenvalue weighted by molar-refractivity contribution is 5.80. The van der Waals surface area contributed by atoms with Crippen molar-refractivity contribution in [1.29, 1.82) is 0 Å². The molecule has 0 bridgehead atoms. The molecule has 1 unspecified atom stereocenters. The van der Waals surface area contributed by atoms with Crippen LogP contribution in [0.25, 0.3) is 0 Å². The maximum atomic E-state index is 12.3. The topological polar surface area (TPSA) is 92.7 Å². The number of nitrogens with one attached hydrogen (secondary N) is 1. The third kappa shape index (κ3) is 29.9. The molecular formula is C35H57NO5. The van der Waals surface area contributed by atoms with Crippen LogP contribution in [-0.4, -0.2) is 35.6 Å². The molecular weight excluding hydrogens is 514 g/mol. The molecule has 1 atom stereocenters. The van der Waals surface area contributed by atoms with Gasteiger partial charge in [0.2, 0.25) is 5.91 Å². The molecule has 0 heterocycles. The summed E-state index contributed by atoms with van der Waals surface area (Å²) in [5.41, 5.74) is 0. The van der Waals surface area contributed by atoms with Crippen molar-refractivity contribution in [2.24, 2.45) is 0 Å². The van der Waals surface area contributed by atoms with Gasteiger partial charge in [0.25, 0.3) is 0 Å². The zero-order valence-electron chi connectivity index (χ0n) is 25.9.